The Balaban J connectivity index is 2.47. The smallest absolute Gasteiger partial charge is 0.119 e. The first-order valence-electron chi connectivity index (χ1n) is 6.22. The highest BCUT2D eigenvalue weighted by Crippen LogP contribution is 2.21. The van der Waals surface area contributed by atoms with E-state index in [4.69, 9.17) is 5.41 Å². The summed E-state index contributed by atoms with van der Waals surface area (Å²) in [5.41, 5.74) is 2.13. The second-order valence-corrected chi connectivity index (χ2v) is 4.27. The van der Waals surface area contributed by atoms with Gasteiger partial charge in [-0.1, -0.05) is 12.1 Å². The van der Waals surface area contributed by atoms with Crippen LogP contribution in [0.1, 0.15) is 30.4 Å². The van der Waals surface area contributed by atoms with Gasteiger partial charge in [0.15, 0.2) is 0 Å². The SMILES string of the molecule is CNCCCCc1ccc(CCC=N)c(O)c1. The molecule has 0 heterocycles. The van der Waals surface area contributed by atoms with Gasteiger partial charge in [-0.05, 0) is 69.1 Å². The summed E-state index contributed by atoms with van der Waals surface area (Å²) in [7, 11) is 1.96. The zero-order valence-electron chi connectivity index (χ0n) is 10.5. The van der Waals surface area contributed by atoms with Crippen molar-refractivity contribution < 1.29 is 5.11 Å². The number of aryl methyl sites for hydroxylation is 2. The van der Waals surface area contributed by atoms with E-state index in [1.807, 2.05) is 19.2 Å². The molecule has 0 fully saturated rings. The zero-order valence-corrected chi connectivity index (χ0v) is 10.5. The first-order valence-corrected chi connectivity index (χ1v) is 6.22. The first kappa shape index (κ1) is 13.7. The molecule has 1 aromatic carbocycles. The van der Waals surface area contributed by atoms with Crippen LogP contribution in [0.5, 0.6) is 5.75 Å². The highest BCUT2D eigenvalue weighted by Gasteiger charge is 2.02. The molecule has 0 aliphatic heterocycles. The maximum absolute atomic E-state index is 9.83. The molecule has 0 unspecified atom stereocenters. The molecule has 3 heteroatoms. The molecule has 1 aromatic rings. The third kappa shape index (κ3) is 5.00. The quantitative estimate of drug-likeness (QED) is 0.478. The molecule has 0 saturated carbocycles. The number of nitrogens with one attached hydrogen (secondary N) is 2. The lowest BCUT2D eigenvalue weighted by Gasteiger charge is -2.06. The topological polar surface area (TPSA) is 56.1 Å². The van der Waals surface area contributed by atoms with Crippen molar-refractivity contribution in [3.8, 4) is 5.75 Å². The maximum Gasteiger partial charge on any atom is 0.119 e. The first-order chi connectivity index (χ1) is 8.27. The van der Waals surface area contributed by atoms with Crippen molar-refractivity contribution >= 4 is 6.21 Å². The summed E-state index contributed by atoms with van der Waals surface area (Å²) in [6.07, 6.45) is 6.13. The number of hydrogen-bond acceptors (Lipinski definition) is 3. The Morgan fingerprint density at radius 1 is 1.29 bits per heavy atom. The summed E-state index contributed by atoms with van der Waals surface area (Å²) in [5, 5.41) is 19.9. The standard InChI is InChI=1S/C14H22N2O/c1-16-10-3-2-5-12-7-8-13(6-4-9-15)14(17)11-12/h7-9,11,15-17H,2-6,10H2,1H3. The van der Waals surface area contributed by atoms with E-state index in [2.05, 4.69) is 11.4 Å². The molecular formula is C14H22N2O. The Kier molecular flexibility index (Phi) is 6.33. The molecule has 3 N–H and O–H groups in total. The lowest BCUT2D eigenvalue weighted by atomic mass is 10.0. The number of aromatic hydroxyl groups is 1. The van der Waals surface area contributed by atoms with Crippen LogP contribution < -0.4 is 5.32 Å². The van der Waals surface area contributed by atoms with E-state index in [0.29, 0.717) is 12.2 Å². The van der Waals surface area contributed by atoms with Gasteiger partial charge < -0.3 is 15.8 Å². The van der Waals surface area contributed by atoms with Gasteiger partial charge in [-0.3, -0.25) is 0 Å². The lowest BCUT2D eigenvalue weighted by molar-refractivity contribution is 0.467. The molecule has 94 valence electrons. The summed E-state index contributed by atoms with van der Waals surface area (Å²) >= 11 is 0. The van der Waals surface area contributed by atoms with Crippen LogP contribution in [-0.4, -0.2) is 24.9 Å². The molecule has 1 rings (SSSR count). The van der Waals surface area contributed by atoms with Crippen molar-refractivity contribution in [1.29, 1.82) is 5.41 Å². The van der Waals surface area contributed by atoms with E-state index in [1.54, 1.807) is 0 Å². The largest absolute Gasteiger partial charge is 0.508 e. The highest BCUT2D eigenvalue weighted by molar-refractivity contribution is 5.54. The summed E-state index contributed by atoms with van der Waals surface area (Å²) in [6, 6.07) is 5.92. The minimum absolute atomic E-state index is 0.373. The third-order valence-corrected chi connectivity index (χ3v) is 2.85. The summed E-state index contributed by atoms with van der Waals surface area (Å²) in [4.78, 5) is 0. The van der Waals surface area contributed by atoms with E-state index in [9.17, 15) is 5.11 Å². The predicted octanol–water partition coefficient (Wildman–Crippen LogP) is 2.52. The van der Waals surface area contributed by atoms with Gasteiger partial charge in [0.05, 0.1) is 0 Å². The number of phenolic OH excluding ortho intramolecular Hbond substituents is 1. The Morgan fingerprint density at radius 3 is 2.76 bits per heavy atom. The van der Waals surface area contributed by atoms with Crippen LogP contribution in [0.25, 0.3) is 0 Å². The fourth-order valence-electron chi connectivity index (χ4n) is 1.83. The lowest BCUT2D eigenvalue weighted by Crippen LogP contribution is -2.07. The number of benzene rings is 1. The van der Waals surface area contributed by atoms with Crippen LogP contribution in [-0.2, 0) is 12.8 Å². The van der Waals surface area contributed by atoms with Crippen molar-refractivity contribution in [3.63, 3.8) is 0 Å². The van der Waals surface area contributed by atoms with Crippen LogP contribution in [0.2, 0.25) is 0 Å². The van der Waals surface area contributed by atoms with E-state index in [-0.39, 0.29) is 0 Å². The number of phenols is 1. The van der Waals surface area contributed by atoms with E-state index < -0.39 is 0 Å². The Morgan fingerprint density at radius 2 is 2.12 bits per heavy atom. The second-order valence-electron chi connectivity index (χ2n) is 4.27. The maximum atomic E-state index is 9.83. The van der Waals surface area contributed by atoms with E-state index >= 15 is 0 Å². The van der Waals surface area contributed by atoms with Gasteiger partial charge in [0.25, 0.3) is 0 Å². The molecule has 0 saturated heterocycles. The van der Waals surface area contributed by atoms with Gasteiger partial charge in [-0.15, -0.1) is 0 Å². The van der Waals surface area contributed by atoms with Crippen LogP contribution in [0.15, 0.2) is 18.2 Å². The minimum atomic E-state index is 0.373. The second kappa shape index (κ2) is 7.85. The fraction of sp³-hybridized carbons (Fsp3) is 0.500. The van der Waals surface area contributed by atoms with Crippen LogP contribution in [0.4, 0.5) is 0 Å². The molecule has 0 aliphatic rings. The van der Waals surface area contributed by atoms with Crippen molar-refractivity contribution in [2.75, 3.05) is 13.6 Å². The fourth-order valence-corrected chi connectivity index (χ4v) is 1.83. The average molecular weight is 234 g/mol. The van der Waals surface area contributed by atoms with Crippen molar-refractivity contribution in [1.82, 2.24) is 5.32 Å². The molecule has 3 nitrogen and oxygen atoms in total. The Labute approximate surface area is 103 Å². The summed E-state index contributed by atoms with van der Waals surface area (Å²) in [5.74, 6) is 0.373. The number of rotatable bonds is 8. The van der Waals surface area contributed by atoms with E-state index in [1.165, 1.54) is 11.8 Å². The zero-order chi connectivity index (χ0) is 12.5. The van der Waals surface area contributed by atoms with Gasteiger partial charge in [0, 0.05) is 0 Å². The molecule has 17 heavy (non-hydrogen) atoms. The molecule has 0 aromatic heterocycles. The minimum Gasteiger partial charge on any atom is -0.508 e. The highest BCUT2D eigenvalue weighted by atomic mass is 16.3. The average Bonchev–Trinajstić information content (AvgIpc) is 2.34. The molecule has 0 spiro atoms. The normalized spacial score (nSPS) is 10.4. The Bertz CT molecular complexity index is 350. The third-order valence-electron chi connectivity index (χ3n) is 2.85. The Hall–Kier alpha value is -1.35. The van der Waals surface area contributed by atoms with Gasteiger partial charge >= 0.3 is 0 Å². The van der Waals surface area contributed by atoms with Gasteiger partial charge in [0.1, 0.15) is 5.75 Å². The number of hydrogen-bond donors (Lipinski definition) is 3. The van der Waals surface area contributed by atoms with E-state index in [0.717, 1.165) is 37.8 Å². The van der Waals surface area contributed by atoms with Crippen molar-refractivity contribution in [3.05, 3.63) is 29.3 Å². The summed E-state index contributed by atoms with van der Waals surface area (Å²) < 4.78 is 0. The molecule has 0 atom stereocenters. The molecular weight excluding hydrogens is 212 g/mol. The van der Waals surface area contributed by atoms with Crippen LogP contribution in [0.3, 0.4) is 0 Å². The van der Waals surface area contributed by atoms with Crippen LogP contribution in [0, 0.1) is 5.41 Å². The van der Waals surface area contributed by atoms with Crippen molar-refractivity contribution in [2.24, 2.45) is 0 Å². The molecule has 0 bridgehead atoms. The molecule has 0 radical (unpaired) electrons. The molecule has 0 amide bonds. The number of unbranched alkanes of at least 4 members (excludes halogenated alkanes) is 1. The predicted molar refractivity (Wildman–Crippen MR) is 72.1 cm³/mol. The van der Waals surface area contributed by atoms with Gasteiger partial charge in [-0.25, -0.2) is 0 Å². The molecule has 0 aliphatic carbocycles. The van der Waals surface area contributed by atoms with Crippen molar-refractivity contribution in [2.45, 2.75) is 32.1 Å². The van der Waals surface area contributed by atoms with Gasteiger partial charge in [-0.2, -0.15) is 0 Å². The monoisotopic (exact) mass is 234 g/mol. The van der Waals surface area contributed by atoms with Crippen LogP contribution >= 0.6 is 0 Å². The van der Waals surface area contributed by atoms with Gasteiger partial charge in [0.2, 0.25) is 0 Å². The summed E-state index contributed by atoms with van der Waals surface area (Å²) in [6.45, 7) is 1.05.